The van der Waals surface area contributed by atoms with E-state index in [-0.39, 0.29) is 0 Å². The van der Waals surface area contributed by atoms with Crippen molar-refractivity contribution in [3.63, 3.8) is 0 Å². The summed E-state index contributed by atoms with van der Waals surface area (Å²) in [5.74, 6) is 1.12. The van der Waals surface area contributed by atoms with Crippen molar-refractivity contribution in [2.24, 2.45) is 0 Å². The first-order valence-corrected chi connectivity index (χ1v) is 5.83. The summed E-state index contributed by atoms with van der Waals surface area (Å²) in [4.78, 5) is 0. The smallest absolute Gasteiger partial charge is 0.259 e. The standard InChI is InChI=1S/C15H15NO3/c1-18-13-8-9-14(15(10-13)19-2)16(17)11-12-6-4-3-5-7-12/h3-11H,1-2H3. The van der Waals surface area contributed by atoms with Gasteiger partial charge in [0.1, 0.15) is 5.75 Å². The monoisotopic (exact) mass is 257 g/mol. The van der Waals surface area contributed by atoms with Gasteiger partial charge < -0.3 is 14.7 Å². The average Bonchev–Trinajstić information content (AvgIpc) is 2.47. The van der Waals surface area contributed by atoms with Crippen LogP contribution in [0.2, 0.25) is 0 Å². The Morgan fingerprint density at radius 3 is 2.37 bits per heavy atom. The van der Waals surface area contributed by atoms with Crippen molar-refractivity contribution >= 4 is 11.9 Å². The Kier molecular flexibility index (Phi) is 4.03. The van der Waals surface area contributed by atoms with E-state index in [0.717, 1.165) is 10.3 Å². The van der Waals surface area contributed by atoms with E-state index in [4.69, 9.17) is 9.47 Å². The maximum absolute atomic E-state index is 12.1. The minimum atomic E-state index is 0.437. The van der Waals surface area contributed by atoms with E-state index in [1.54, 1.807) is 25.3 Å². The Balaban J connectivity index is 2.38. The molecule has 4 heteroatoms. The molecule has 0 aliphatic carbocycles. The fourth-order valence-corrected chi connectivity index (χ4v) is 1.71. The third-order valence-corrected chi connectivity index (χ3v) is 2.69. The SMILES string of the molecule is COc1ccc([N+]([O-])=Cc2ccccc2)c(OC)c1. The van der Waals surface area contributed by atoms with Crippen molar-refractivity contribution in [2.45, 2.75) is 0 Å². The van der Waals surface area contributed by atoms with Gasteiger partial charge >= 0.3 is 0 Å². The van der Waals surface area contributed by atoms with Crippen molar-refractivity contribution in [2.75, 3.05) is 14.2 Å². The molecule has 0 saturated carbocycles. The molecule has 2 rings (SSSR count). The summed E-state index contributed by atoms with van der Waals surface area (Å²) in [5.41, 5.74) is 1.27. The van der Waals surface area contributed by atoms with Crippen LogP contribution in [-0.4, -0.2) is 25.2 Å². The summed E-state index contributed by atoms with van der Waals surface area (Å²) < 4.78 is 11.1. The Morgan fingerprint density at radius 2 is 1.74 bits per heavy atom. The van der Waals surface area contributed by atoms with Crippen molar-refractivity contribution in [1.29, 1.82) is 0 Å². The first kappa shape index (κ1) is 13.0. The summed E-state index contributed by atoms with van der Waals surface area (Å²) in [6.07, 6.45) is 1.50. The van der Waals surface area contributed by atoms with Gasteiger partial charge in [0.15, 0.2) is 12.0 Å². The molecule has 0 atom stereocenters. The molecule has 0 unspecified atom stereocenters. The number of ether oxygens (including phenoxy) is 2. The van der Waals surface area contributed by atoms with Crippen LogP contribution in [0.15, 0.2) is 48.5 Å². The van der Waals surface area contributed by atoms with Crippen LogP contribution in [-0.2, 0) is 0 Å². The summed E-state index contributed by atoms with van der Waals surface area (Å²) in [5, 5.41) is 12.1. The predicted molar refractivity (Wildman–Crippen MR) is 74.4 cm³/mol. The van der Waals surface area contributed by atoms with Gasteiger partial charge in [-0.2, -0.15) is 4.74 Å². The molecule has 0 aliphatic heterocycles. The fraction of sp³-hybridized carbons (Fsp3) is 0.133. The first-order chi connectivity index (χ1) is 9.24. The summed E-state index contributed by atoms with van der Waals surface area (Å²) in [6, 6.07) is 14.5. The third-order valence-electron chi connectivity index (χ3n) is 2.69. The highest BCUT2D eigenvalue weighted by atomic mass is 16.5. The summed E-state index contributed by atoms with van der Waals surface area (Å²) >= 11 is 0. The second kappa shape index (κ2) is 5.91. The molecule has 4 nitrogen and oxygen atoms in total. The first-order valence-electron chi connectivity index (χ1n) is 5.83. The highest BCUT2D eigenvalue weighted by molar-refractivity contribution is 5.76. The van der Waals surface area contributed by atoms with Gasteiger partial charge in [-0.25, -0.2) is 0 Å². The Labute approximate surface area is 112 Å². The normalized spacial score (nSPS) is 11.2. The lowest BCUT2D eigenvalue weighted by atomic mass is 10.2. The molecule has 2 aromatic rings. The molecule has 0 fully saturated rings. The van der Waals surface area contributed by atoms with Gasteiger partial charge in [0, 0.05) is 17.7 Å². The van der Waals surface area contributed by atoms with E-state index in [2.05, 4.69) is 0 Å². The number of benzene rings is 2. The van der Waals surface area contributed by atoms with Crippen LogP contribution in [0.25, 0.3) is 0 Å². The topological polar surface area (TPSA) is 44.5 Å². The maximum Gasteiger partial charge on any atom is 0.259 e. The second-order valence-electron chi connectivity index (χ2n) is 3.90. The number of methoxy groups -OCH3 is 2. The maximum atomic E-state index is 12.1. The van der Waals surface area contributed by atoms with Gasteiger partial charge in [-0.05, 0) is 18.2 Å². The lowest BCUT2D eigenvalue weighted by molar-refractivity contribution is -0.355. The van der Waals surface area contributed by atoms with E-state index < -0.39 is 0 Å². The van der Waals surface area contributed by atoms with Crippen molar-refractivity contribution in [3.05, 3.63) is 59.3 Å². The molecule has 0 amide bonds. The molecule has 0 N–H and O–H groups in total. The Bertz CT molecular complexity index is 579. The molecule has 2 aromatic carbocycles. The Hall–Kier alpha value is -2.49. The average molecular weight is 257 g/mol. The second-order valence-corrected chi connectivity index (χ2v) is 3.90. The van der Waals surface area contributed by atoms with Crippen molar-refractivity contribution in [1.82, 2.24) is 0 Å². The van der Waals surface area contributed by atoms with E-state index in [0.29, 0.717) is 17.2 Å². The number of hydrogen-bond acceptors (Lipinski definition) is 3. The third kappa shape index (κ3) is 3.04. The molecule has 0 heterocycles. The van der Waals surface area contributed by atoms with Crippen LogP contribution >= 0.6 is 0 Å². The minimum Gasteiger partial charge on any atom is -0.618 e. The number of nitrogens with zero attached hydrogens (tertiary/aromatic N) is 1. The van der Waals surface area contributed by atoms with Crippen LogP contribution in [0, 0.1) is 5.21 Å². The molecule has 0 radical (unpaired) electrons. The molecule has 98 valence electrons. The largest absolute Gasteiger partial charge is 0.618 e. The van der Waals surface area contributed by atoms with E-state index >= 15 is 0 Å². The summed E-state index contributed by atoms with van der Waals surface area (Å²) in [7, 11) is 3.09. The highest BCUT2D eigenvalue weighted by Crippen LogP contribution is 2.30. The molecule has 19 heavy (non-hydrogen) atoms. The molecule has 0 spiro atoms. The van der Waals surface area contributed by atoms with Crippen molar-refractivity contribution < 1.29 is 14.2 Å². The van der Waals surface area contributed by atoms with E-state index in [1.165, 1.54) is 13.3 Å². The molecule has 0 aromatic heterocycles. The van der Waals surface area contributed by atoms with E-state index in [1.807, 2.05) is 30.3 Å². The zero-order chi connectivity index (χ0) is 13.7. The van der Waals surface area contributed by atoms with Crippen LogP contribution in [0.1, 0.15) is 5.56 Å². The fourth-order valence-electron chi connectivity index (χ4n) is 1.71. The molecular weight excluding hydrogens is 242 g/mol. The zero-order valence-corrected chi connectivity index (χ0v) is 10.9. The van der Waals surface area contributed by atoms with Crippen LogP contribution in [0.3, 0.4) is 0 Å². The molecule has 0 aliphatic rings. The highest BCUT2D eigenvalue weighted by Gasteiger charge is 2.12. The summed E-state index contributed by atoms with van der Waals surface area (Å²) in [6.45, 7) is 0. The van der Waals surface area contributed by atoms with Gasteiger partial charge in [0.05, 0.1) is 14.2 Å². The molecular formula is C15H15NO3. The molecule has 0 bridgehead atoms. The number of hydrogen-bond donors (Lipinski definition) is 0. The van der Waals surface area contributed by atoms with Gasteiger partial charge in [-0.1, -0.05) is 18.2 Å². The van der Waals surface area contributed by atoms with Crippen LogP contribution < -0.4 is 9.47 Å². The van der Waals surface area contributed by atoms with Gasteiger partial charge in [-0.3, -0.25) is 0 Å². The van der Waals surface area contributed by atoms with E-state index in [9.17, 15) is 5.21 Å². The van der Waals surface area contributed by atoms with Crippen LogP contribution in [0.4, 0.5) is 5.69 Å². The van der Waals surface area contributed by atoms with Crippen molar-refractivity contribution in [3.8, 4) is 11.5 Å². The quantitative estimate of drug-likeness (QED) is 0.366. The van der Waals surface area contributed by atoms with Gasteiger partial charge in [-0.15, -0.1) is 0 Å². The van der Waals surface area contributed by atoms with Gasteiger partial charge in [0.2, 0.25) is 0 Å². The lowest BCUT2D eigenvalue weighted by Crippen LogP contribution is -2.01. The molecule has 0 saturated heterocycles. The van der Waals surface area contributed by atoms with Crippen LogP contribution in [0.5, 0.6) is 11.5 Å². The Morgan fingerprint density at radius 1 is 1.00 bits per heavy atom. The predicted octanol–water partition coefficient (Wildman–Crippen LogP) is 2.96. The zero-order valence-electron chi connectivity index (χ0n) is 10.9. The minimum absolute atomic E-state index is 0.437. The lowest BCUT2D eigenvalue weighted by Gasteiger charge is -2.09. The number of rotatable bonds is 4. The van der Waals surface area contributed by atoms with Gasteiger partial charge in [0.25, 0.3) is 5.69 Å².